The SMILES string of the molecule is CCCCCCCNC(=O)n1c(=O)n(-c2ccc(-c3ccc(OC)c(OC4CCCC4)c3)cn2)c2ccccc21. The number of hydrogen-bond acceptors (Lipinski definition) is 5. The summed E-state index contributed by atoms with van der Waals surface area (Å²) < 4.78 is 14.5. The number of ether oxygens (including phenoxy) is 2. The van der Waals surface area contributed by atoms with Gasteiger partial charge in [-0.25, -0.2) is 23.7 Å². The molecule has 1 fully saturated rings. The summed E-state index contributed by atoms with van der Waals surface area (Å²) in [4.78, 5) is 31.2. The lowest BCUT2D eigenvalue weighted by atomic mass is 10.1. The average molecular weight is 543 g/mol. The van der Waals surface area contributed by atoms with Crippen LogP contribution >= 0.6 is 0 Å². The van der Waals surface area contributed by atoms with E-state index in [2.05, 4.69) is 17.2 Å². The number of imidazole rings is 1. The molecule has 0 radical (unpaired) electrons. The molecule has 1 amide bonds. The van der Waals surface area contributed by atoms with Crippen LogP contribution in [0, 0.1) is 0 Å². The van der Waals surface area contributed by atoms with E-state index in [4.69, 9.17) is 9.47 Å². The second-order valence-corrected chi connectivity index (χ2v) is 10.4. The molecule has 8 heteroatoms. The molecule has 40 heavy (non-hydrogen) atoms. The first-order valence-corrected chi connectivity index (χ1v) is 14.4. The van der Waals surface area contributed by atoms with Crippen molar-refractivity contribution in [3.05, 3.63) is 71.3 Å². The van der Waals surface area contributed by atoms with E-state index >= 15 is 0 Å². The Kier molecular flexibility index (Phi) is 8.84. The number of methoxy groups -OCH3 is 1. The van der Waals surface area contributed by atoms with Gasteiger partial charge in [-0.05, 0) is 74.1 Å². The van der Waals surface area contributed by atoms with E-state index in [1.165, 1.54) is 34.8 Å². The highest BCUT2D eigenvalue weighted by molar-refractivity contribution is 5.90. The molecular formula is C32H38N4O4. The van der Waals surface area contributed by atoms with Crippen molar-refractivity contribution >= 4 is 17.1 Å². The van der Waals surface area contributed by atoms with E-state index < -0.39 is 11.7 Å². The molecule has 1 aliphatic rings. The Morgan fingerprint density at radius 2 is 1.70 bits per heavy atom. The lowest BCUT2D eigenvalue weighted by Crippen LogP contribution is -2.37. The zero-order chi connectivity index (χ0) is 27.9. The lowest BCUT2D eigenvalue weighted by molar-refractivity contribution is 0.201. The highest BCUT2D eigenvalue weighted by Gasteiger charge is 2.21. The molecule has 0 bridgehead atoms. The van der Waals surface area contributed by atoms with E-state index in [1.807, 2.05) is 42.5 Å². The predicted octanol–water partition coefficient (Wildman–Crippen LogP) is 6.71. The van der Waals surface area contributed by atoms with E-state index in [0.29, 0.717) is 29.1 Å². The first-order valence-electron chi connectivity index (χ1n) is 14.4. The van der Waals surface area contributed by atoms with Gasteiger partial charge in [-0.15, -0.1) is 0 Å². The fourth-order valence-electron chi connectivity index (χ4n) is 5.39. The maximum absolute atomic E-state index is 13.5. The number of nitrogens with zero attached hydrogens (tertiary/aromatic N) is 3. The number of hydrogen-bond donors (Lipinski definition) is 1. The van der Waals surface area contributed by atoms with Gasteiger partial charge in [0.15, 0.2) is 11.5 Å². The van der Waals surface area contributed by atoms with E-state index in [9.17, 15) is 9.59 Å². The Morgan fingerprint density at radius 3 is 2.42 bits per heavy atom. The molecule has 0 atom stereocenters. The van der Waals surface area contributed by atoms with E-state index in [1.54, 1.807) is 25.4 Å². The number of carbonyl (C=O) groups is 1. The molecule has 4 aromatic rings. The number of benzene rings is 2. The molecule has 0 saturated heterocycles. The Bertz CT molecular complexity index is 1500. The van der Waals surface area contributed by atoms with Gasteiger partial charge in [-0.2, -0.15) is 0 Å². The standard InChI is InChI=1S/C32H38N4O4/c1-3-4-5-6-11-20-33-31(37)36-27-15-10-9-14-26(27)35(32(36)38)30-19-17-24(22-34-30)23-16-18-28(39-2)29(21-23)40-25-12-7-8-13-25/h9-10,14-19,21-22,25H,3-8,11-13,20H2,1-2H3,(H,33,37). The number of rotatable bonds is 11. The third kappa shape index (κ3) is 5.91. The molecule has 5 rings (SSSR count). The number of pyridine rings is 1. The van der Waals surface area contributed by atoms with Gasteiger partial charge in [0, 0.05) is 18.3 Å². The van der Waals surface area contributed by atoms with Crippen LogP contribution in [0.3, 0.4) is 0 Å². The van der Waals surface area contributed by atoms with E-state index in [-0.39, 0.29) is 6.10 Å². The monoisotopic (exact) mass is 542 g/mol. The fraction of sp³-hybridized carbons (Fsp3) is 0.406. The van der Waals surface area contributed by atoms with Crippen LogP contribution in [0.15, 0.2) is 65.6 Å². The minimum Gasteiger partial charge on any atom is -0.493 e. The average Bonchev–Trinajstić information content (AvgIpc) is 3.60. The van der Waals surface area contributed by atoms with Crippen LogP contribution in [0.1, 0.15) is 64.7 Å². The Hall–Kier alpha value is -4.07. The van der Waals surface area contributed by atoms with Gasteiger partial charge in [0.05, 0.1) is 24.2 Å². The van der Waals surface area contributed by atoms with Gasteiger partial charge in [-0.3, -0.25) is 0 Å². The maximum atomic E-state index is 13.5. The number of fused-ring (bicyclic) bond motifs is 1. The second kappa shape index (κ2) is 12.9. The summed E-state index contributed by atoms with van der Waals surface area (Å²) in [7, 11) is 1.65. The maximum Gasteiger partial charge on any atom is 0.343 e. The van der Waals surface area contributed by atoms with Crippen molar-refractivity contribution < 1.29 is 14.3 Å². The third-order valence-electron chi connectivity index (χ3n) is 7.58. The number of aromatic nitrogens is 3. The highest BCUT2D eigenvalue weighted by Crippen LogP contribution is 2.35. The number of carbonyl (C=O) groups excluding carboxylic acids is 1. The van der Waals surface area contributed by atoms with Crippen molar-refractivity contribution in [3.63, 3.8) is 0 Å². The van der Waals surface area contributed by atoms with Gasteiger partial charge in [0.2, 0.25) is 0 Å². The van der Waals surface area contributed by atoms with Crippen LogP contribution < -0.4 is 20.5 Å². The molecule has 1 N–H and O–H groups in total. The smallest absolute Gasteiger partial charge is 0.343 e. The van der Waals surface area contributed by atoms with Crippen molar-refractivity contribution in [2.24, 2.45) is 0 Å². The van der Waals surface area contributed by atoms with Crippen LogP contribution in [-0.4, -0.2) is 39.9 Å². The highest BCUT2D eigenvalue weighted by atomic mass is 16.5. The summed E-state index contributed by atoms with van der Waals surface area (Å²) in [6.45, 7) is 2.71. The Labute approximate surface area is 234 Å². The second-order valence-electron chi connectivity index (χ2n) is 10.4. The first-order chi connectivity index (χ1) is 19.6. The number of para-hydroxylation sites is 2. The van der Waals surface area contributed by atoms with Crippen molar-refractivity contribution in [1.82, 2.24) is 19.4 Å². The summed E-state index contributed by atoms with van der Waals surface area (Å²) in [6.07, 6.45) is 11.9. The minimum absolute atomic E-state index is 0.215. The number of unbranched alkanes of at least 4 members (excludes halogenated alkanes) is 4. The lowest BCUT2D eigenvalue weighted by Gasteiger charge is -2.17. The third-order valence-corrected chi connectivity index (χ3v) is 7.58. The molecule has 8 nitrogen and oxygen atoms in total. The molecule has 2 aromatic heterocycles. The van der Waals surface area contributed by atoms with Gasteiger partial charge in [0.1, 0.15) is 5.82 Å². The molecule has 0 unspecified atom stereocenters. The summed E-state index contributed by atoms with van der Waals surface area (Å²) in [5.74, 6) is 1.89. The zero-order valence-electron chi connectivity index (χ0n) is 23.4. The summed E-state index contributed by atoms with van der Waals surface area (Å²) in [5, 5.41) is 2.91. The van der Waals surface area contributed by atoms with Crippen LogP contribution in [0.4, 0.5) is 4.79 Å². The van der Waals surface area contributed by atoms with Crippen molar-refractivity contribution in [2.45, 2.75) is 70.8 Å². The summed E-state index contributed by atoms with van der Waals surface area (Å²) >= 11 is 0. The number of nitrogens with one attached hydrogen (secondary N) is 1. The van der Waals surface area contributed by atoms with Gasteiger partial charge >= 0.3 is 11.7 Å². The van der Waals surface area contributed by atoms with E-state index in [0.717, 1.165) is 49.0 Å². The quantitative estimate of drug-likeness (QED) is 0.213. The molecule has 1 aliphatic carbocycles. The molecule has 2 aromatic carbocycles. The molecular weight excluding hydrogens is 504 g/mol. The Morgan fingerprint density at radius 1 is 0.950 bits per heavy atom. The van der Waals surface area contributed by atoms with Gasteiger partial charge < -0.3 is 14.8 Å². The summed E-state index contributed by atoms with van der Waals surface area (Å²) in [6, 6.07) is 16.5. The zero-order valence-corrected chi connectivity index (χ0v) is 23.4. The topological polar surface area (TPSA) is 87.4 Å². The van der Waals surface area contributed by atoms with Crippen molar-refractivity contribution in [1.29, 1.82) is 0 Å². The first kappa shape index (κ1) is 27.5. The predicted molar refractivity (Wildman–Crippen MR) is 158 cm³/mol. The molecule has 1 saturated carbocycles. The summed E-state index contributed by atoms with van der Waals surface area (Å²) in [5.41, 5.74) is 2.57. The fourth-order valence-corrected chi connectivity index (χ4v) is 5.39. The minimum atomic E-state index is -0.443. The molecule has 0 spiro atoms. The van der Waals surface area contributed by atoms with Crippen LogP contribution in [0.25, 0.3) is 28.0 Å². The molecule has 2 heterocycles. The van der Waals surface area contributed by atoms with Crippen molar-refractivity contribution in [2.75, 3.05) is 13.7 Å². The molecule has 0 aliphatic heterocycles. The Balaban J connectivity index is 1.39. The number of amides is 1. The van der Waals surface area contributed by atoms with Crippen LogP contribution in [-0.2, 0) is 0 Å². The van der Waals surface area contributed by atoms with Crippen molar-refractivity contribution in [3.8, 4) is 28.4 Å². The molecule has 210 valence electrons. The van der Waals surface area contributed by atoms with Crippen LogP contribution in [0.5, 0.6) is 11.5 Å². The van der Waals surface area contributed by atoms with Gasteiger partial charge in [0.25, 0.3) is 0 Å². The normalized spacial score (nSPS) is 13.6. The van der Waals surface area contributed by atoms with Crippen LogP contribution in [0.2, 0.25) is 0 Å². The largest absolute Gasteiger partial charge is 0.493 e. The van der Waals surface area contributed by atoms with Gasteiger partial charge in [-0.1, -0.05) is 50.8 Å².